The van der Waals surface area contributed by atoms with E-state index >= 15 is 0 Å². The van der Waals surface area contributed by atoms with Gasteiger partial charge in [0.15, 0.2) is 0 Å². The monoisotopic (exact) mass is 275 g/mol. The maximum absolute atomic E-state index is 4.88. The lowest BCUT2D eigenvalue weighted by atomic mass is 9.90. The summed E-state index contributed by atoms with van der Waals surface area (Å²) in [5, 5.41) is 3.22. The van der Waals surface area contributed by atoms with Crippen molar-refractivity contribution in [2.24, 2.45) is 0 Å². The third-order valence-corrected chi connectivity index (χ3v) is 3.26. The molecule has 0 fully saturated rings. The van der Waals surface area contributed by atoms with Crippen LogP contribution in [0, 0.1) is 0 Å². The third-order valence-electron chi connectivity index (χ3n) is 3.26. The zero-order valence-corrected chi connectivity index (χ0v) is 13.8. The molecule has 0 aromatic carbocycles. The molecule has 1 heterocycles. The van der Waals surface area contributed by atoms with Gasteiger partial charge in [-0.1, -0.05) is 26.8 Å². The van der Waals surface area contributed by atoms with Crippen molar-refractivity contribution in [2.75, 3.05) is 18.5 Å². The lowest BCUT2D eigenvalue weighted by Crippen LogP contribution is -2.32. The van der Waals surface area contributed by atoms with Crippen molar-refractivity contribution in [3.05, 3.63) is 36.0 Å². The highest BCUT2D eigenvalue weighted by Gasteiger charge is 2.19. The topological polar surface area (TPSA) is 28.2 Å². The van der Waals surface area contributed by atoms with Crippen LogP contribution in [0.25, 0.3) is 0 Å². The van der Waals surface area contributed by atoms with E-state index in [0.29, 0.717) is 6.04 Å². The molecule has 112 valence electrons. The highest BCUT2D eigenvalue weighted by atomic mass is 15.2. The molecule has 3 heteroatoms. The van der Waals surface area contributed by atoms with Gasteiger partial charge in [0.25, 0.3) is 0 Å². The second-order valence-electron chi connectivity index (χ2n) is 6.53. The van der Waals surface area contributed by atoms with Crippen molar-refractivity contribution < 1.29 is 0 Å². The first-order valence-electron chi connectivity index (χ1n) is 7.33. The fourth-order valence-electron chi connectivity index (χ4n) is 2.12. The van der Waals surface area contributed by atoms with Crippen molar-refractivity contribution in [3.63, 3.8) is 0 Å². The Morgan fingerprint density at radius 2 is 2.00 bits per heavy atom. The molecule has 3 nitrogen and oxygen atoms in total. The summed E-state index contributed by atoms with van der Waals surface area (Å²) < 4.78 is 0. The van der Waals surface area contributed by atoms with Crippen LogP contribution in [0.3, 0.4) is 0 Å². The minimum absolute atomic E-state index is 0.0509. The number of hydrogen-bond donors (Lipinski definition) is 1. The Kier molecular flexibility index (Phi) is 5.75. The summed E-state index contributed by atoms with van der Waals surface area (Å²) in [5.74, 6) is 1.04. The molecule has 0 amide bonds. The van der Waals surface area contributed by atoms with E-state index in [0.717, 1.165) is 24.6 Å². The van der Waals surface area contributed by atoms with Crippen molar-refractivity contribution in [2.45, 2.75) is 52.6 Å². The summed E-state index contributed by atoms with van der Waals surface area (Å²) in [4.78, 5) is 7.16. The normalized spacial score (nSPS) is 11.8. The highest BCUT2D eigenvalue weighted by Crippen LogP contribution is 2.25. The molecular formula is C17H29N3. The van der Waals surface area contributed by atoms with Gasteiger partial charge in [-0.2, -0.15) is 0 Å². The molecule has 0 atom stereocenters. The maximum atomic E-state index is 4.88. The van der Waals surface area contributed by atoms with Crippen LogP contribution >= 0.6 is 0 Å². The summed E-state index contributed by atoms with van der Waals surface area (Å²) in [6, 6.07) is 4.78. The summed E-state index contributed by atoms with van der Waals surface area (Å²) >= 11 is 0. The molecule has 1 aromatic rings. The van der Waals surface area contributed by atoms with Crippen LogP contribution in [0.5, 0.6) is 0 Å². The molecular weight excluding hydrogens is 246 g/mol. The van der Waals surface area contributed by atoms with Crippen molar-refractivity contribution in [1.82, 2.24) is 10.3 Å². The Morgan fingerprint density at radius 3 is 2.45 bits per heavy atom. The molecule has 0 radical (unpaired) electrons. The largest absolute Gasteiger partial charge is 0.350 e. The van der Waals surface area contributed by atoms with Gasteiger partial charge in [-0.3, -0.25) is 0 Å². The number of aromatic nitrogens is 1. The zero-order chi connectivity index (χ0) is 15.3. The van der Waals surface area contributed by atoms with Crippen LogP contribution in [0.1, 0.15) is 45.9 Å². The van der Waals surface area contributed by atoms with Crippen molar-refractivity contribution in [1.29, 1.82) is 0 Å². The molecule has 1 aromatic heterocycles. The number of anilines is 1. The van der Waals surface area contributed by atoms with Gasteiger partial charge < -0.3 is 10.2 Å². The molecule has 0 unspecified atom stereocenters. The molecule has 1 N–H and O–H groups in total. The van der Waals surface area contributed by atoms with E-state index < -0.39 is 0 Å². The quantitative estimate of drug-likeness (QED) is 0.805. The number of pyridine rings is 1. The molecule has 0 aliphatic heterocycles. The smallest absolute Gasteiger partial charge is 0.129 e. The van der Waals surface area contributed by atoms with E-state index in [1.807, 2.05) is 13.1 Å². The van der Waals surface area contributed by atoms with Gasteiger partial charge in [-0.15, -0.1) is 6.58 Å². The summed E-state index contributed by atoms with van der Waals surface area (Å²) in [6.45, 7) is 16.5. The standard InChI is InChI=1S/C17H29N3/c1-8-9-20(13(2)3)16-11-14(12-18-7)10-15(19-16)17(4,5)6/h8,10-11,13,18H,1,9,12H2,2-7H3. The molecule has 20 heavy (non-hydrogen) atoms. The predicted molar refractivity (Wildman–Crippen MR) is 88.4 cm³/mol. The Balaban J connectivity index is 3.29. The summed E-state index contributed by atoms with van der Waals surface area (Å²) in [6.07, 6.45) is 1.93. The van der Waals surface area contributed by atoms with Crippen LogP contribution in [-0.4, -0.2) is 24.6 Å². The first-order valence-corrected chi connectivity index (χ1v) is 7.33. The van der Waals surface area contributed by atoms with E-state index in [1.165, 1.54) is 5.56 Å². The van der Waals surface area contributed by atoms with E-state index in [1.54, 1.807) is 0 Å². The molecule has 0 aliphatic carbocycles. The number of hydrogen-bond acceptors (Lipinski definition) is 3. The van der Waals surface area contributed by atoms with Gasteiger partial charge >= 0.3 is 0 Å². The van der Waals surface area contributed by atoms with E-state index in [9.17, 15) is 0 Å². The van der Waals surface area contributed by atoms with Crippen molar-refractivity contribution >= 4 is 5.82 Å². The van der Waals surface area contributed by atoms with Crippen LogP contribution < -0.4 is 10.2 Å². The number of nitrogens with zero attached hydrogens (tertiary/aromatic N) is 2. The fourth-order valence-corrected chi connectivity index (χ4v) is 2.12. The van der Waals surface area contributed by atoms with E-state index in [4.69, 9.17) is 4.98 Å². The van der Waals surface area contributed by atoms with Gasteiger partial charge in [-0.05, 0) is 38.6 Å². The average molecular weight is 275 g/mol. The van der Waals surface area contributed by atoms with Crippen LogP contribution in [0.15, 0.2) is 24.8 Å². The fraction of sp³-hybridized carbons (Fsp3) is 0.588. The van der Waals surface area contributed by atoms with Gasteiger partial charge in [-0.25, -0.2) is 4.98 Å². The van der Waals surface area contributed by atoms with Crippen LogP contribution in [0.4, 0.5) is 5.82 Å². The van der Waals surface area contributed by atoms with E-state index in [2.05, 4.69) is 63.5 Å². The molecule has 0 bridgehead atoms. The van der Waals surface area contributed by atoms with Gasteiger partial charge in [0, 0.05) is 30.2 Å². The minimum atomic E-state index is 0.0509. The van der Waals surface area contributed by atoms with Gasteiger partial charge in [0.1, 0.15) is 5.82 Å². The SMILES string of the molecule is C=CCN(c1cc(CNC)cc(C(C)(C)C)n1)C(C)C. The first kappa shape index (κ1) is 16.7. The second kappa shape index (κ2) is 6.89. The van der Waals surface area contributed by atoms with Gasteiger partial charge in [0.05, 0.1) is 0 Å². The Bertz CT molecular complexity index is 444. The number of rotatable bonds is 6. The number of nitrogens with one attached hydrogen (secondary N) is 1. The molecule has 0 saturated carbocycles. The summed E-state index contributed by atoms with van der Waals surface area (Å²) in [5.41, 5.74) is 2.46. The molecule has 0 spiro atoms. The van der Waals surface area contributed by atoms with Crippen LogP contribution in [-0.2, 0) is 12.0 Å². The maximum Gasteiger partial charge on any atom is 0.129 e. The lowest BCUT2D eigenvalue weighted by Gasteiger charge is -2.29. The zero-order valence-electron chi connectivity index (χ0n) is 13.8. The Labute approximate surface area is 124 Å². The predicted octanol–water partition coefficient (Wildman–Crippen LogP) is 3.50. The average Bonchev–Trinajstić information content (AvgIpc) is 2.34. The first-order chi connectivity index (χ1) is 9.29. The summed E-state index contributed by atoms with van der Waals surface area (Å²) in [7, 11) is 1.97. The highest BCUT2D eigenvalue weighted by molar-refractivity contribution is 5.45. The second-order valence-corrected chi connectivity index (χ2v) is 6.53. The Morgan fingerprint density at radius 1 is 1.35 bits per heavy atom. The third kappa shape index (κ3) is 4.34. The minimum Gasteiger partial charge on any atom is -0.350 e. The molecule has 1 rings (SSSR count). The van der Waals surface area contributed by atoms with Crippen LogP contribution in [0.2, 0.25) is 0 Å². The lowest BCUT2D eigenvalue weighted by molar-refractivity contribution is 0.564. The molecule has 0 saturated heterocycles. The Hall–Kier alpha value is -1.35. The van der Waals surface area contributed by atoms with E-state index in [-0.39, 0.29) is 5.41 Å². The molecule has 0 aliphatic rings. The van der Waals surface area contributed by atoms with Gasteiger partial charge in [0.2, 0.25) is 0 Å². The van der Waals surface area contributed by atoms with Crippen molar-refractivity contribution in [3.8, 4) is 0 Å².